The quantitative estimate of drug-likeness (QED) is 0.804. The number of rotatable bonds is 7. The van der Waals surface area contributed by atoms with Crippen molar-refractivity contribution in [3.8, 4) is 11.5 Å². The number of nitrogens with one attached hydrogen (secondary N) is 1. The minimum Gasteiger partial charge on any atom is -0.495 e. The summed E-state index contributed by atoms with van der Waals surface area (Å²) in [7, 11) is -0.474. The first kappa shape index (κ1) is 18.5. The summed E-state index contributed by atoms with van der Waals surface area (Å²) in [5.74, 6) is 1.43. The molecule has 0 saturated carbocycles. The number of benzene rings is 2. The predicted molar refractivity (Wildman–Crippen MR) is 101 cm³/mol. The number of hydrogen-bond acceptors (Lipinski definition) is 5. The van der Waals surface area contributed by atoms with Crippen molar-refractivity contribution in [2.45, 2.75) is 11.3 Å². The zero-order chi connectivity index (χ0) is 18.6. The fraction of sp³-hybridized carbons (Fsp3) is 0.368. The highest BCUT2D eigenvalue weighted by atomic mass is 32.2. The predicted octanol–water partition coefficient (Wildman–Crippen LogP) is 2.51. The molecular formula is C19H24N2O4S. The van der Waals surface area contributed by atoms with E-state index in [2.05, 4.69) is 9.62 Å². The summed E-state index contributed by atoms with van der Waals surface area (Å²) < 4.78 is 38.5. The average Bonchev–Trinajstić information content (AvgIpc) is 3.15. The van der Waals surface area contributed by atoms with Gasteiger partial charge in [-0.3, -0.25) is 0 Å². The zero-order valence-corrected chi connectivity index (χ0v) is 15.8. The van der Waals surface area contributed by atoms with Crippen LogP contribution in [0.1, 0.15) is 6.42 Å². The number of nitrogens with zero attached hydrogens (tertiary/aromatic N) is 1. The van der Waals surface area contributed by atoms with Gasteiger partial charge in [-0.25, -0.2) is 13.1 Å². The molecule has 0 radical (unpaired) electrons. The van der Waals surface area contributed by atoms with Crippen molar-refractivity contribution < 1.29 is 17.9 Å². The van der Waals surface area contributed by atoms with Crippen LogP contribution in [0, 0.1) is 5.92 Å². The second kappa shape index (κ2) is 7.97. The molecule has 0 amide bonds. The molecule has 1 heterocycles. The van der Waals surface area contributed by atoms with Crippen molar-refractivity contribution in [1.82, 2.24) is 4.72 Å². The molecule has 0 spiro atoms. The first-order valence-corrected chi connectivity index (χ1v) is 10.0. The molecule has 3 rings (SSSR count). The Morgan fingerprint density at radius 1 is 1.04 bits per heavy atom. The van der Waals surface area contributed by atoms with E-state index < -0.39 is 10.0 Å². The van der Waals surface area contributed by atoms with Crippen LogP contribution in [0.25, 0.3) is 0 Å². The van der Waals surface area contributed by atoms with Crippen molar-refractivity contribution in [3.63, 3.8) is 0 Å². The van der Waals surface area contributed by atoms with E-state index >= 15 is 0 Å². The summed E-state index contributed by atoms with van der Waals surface area (Å²) in [6.45, 7) is 2.06. The number of methoxy groups -OCH3 is 2. The van der Waals surface area contributed by atoms with Crippen LogP contribution in [0.4, 0.5) is 5.69 Å². The standard InChI is InChI=1S/C19H24N2O4S/c1-24-17-8-4-3-7-16(17)21-12-11-15(14-21)13-20-26(22,23)19-10-6-5-9-18(19)25-2/h3-10,15,20H,11-14H2,1-2H3/t15-/m1/s1. The van der Waals surface area contributed by atoms with E-state index in [0.29, 0.717) is 12.3 Å². The van der Waals surface area contributed by atoms with Gasteiger partial charge in [0.15, 0.2) is 0 Å². The van der Waals surface area contributed by atoms with Crippen molar-refractivity contribution in [1.29, 1.82) is 0 Å². The summed E-state index contributed by atoms with van der Waals surface area (Å²) >= 11 is 0. The van der Waals surface area contributed by atoms with Crippen LogP contribution in [-0.2, 0) is 10.0 Å². The molecule has 1 aliphatic rings. The Hall–Kier alpha value is -2.25. The van der Waals surface area contributed by atoms with Gasteiger partial charge in [0.1, 0.15) is 16.4 Å². The highest BCUT2D eigenvalue weighted by Crippen LogP contribution is 2.32. The average molecular weight is 376 g/mol. The van der Waals surface area contributed by atoms with Gasteiger partial charge in [0.2, 0.25) is 10.0 Å². The van der Waals surface area contributed by atoms with Crippen LogP contribution < -0.4 is 19.1 Å². The summed E-state index contributed by atoms with van der Waals surface area (Å²) in [6.07, 6.45) is 0.923. The maximum absolute atomic E-state index is 12.6. The molecule has 1 fully saturated rings. The molecule has 0 unspecified atom stereocenters. The largest absolute Gasteiger partial charge is 0.495 e. The van der Waals surface area contributed by atoms with Gasteiger partial charge in [0.05, 0.1) is 19.9 Å². The van der Waals surface area contributed by atoms with Crippen molar-refractivity contribution in [2.24, 2.45) is 5.92 Å². The SMILES string of the molecule is COc1ccccc1N1CC[C@H](CNS(=O)(=O)c2ccccc2OC)C1. The van der Waals surface area contributed by atoms with Crippen LogP contribution in [0.3, 0.4) is 0 Å². The van der Waals surface area contributed by atoms with Crippen molar-refractivity contribution >= 4 is 15.7 Å². The molecule has 26 heavy (non-hydrogen) atoms. The topological polar surface area (TPSA) is 67.9 Å². The molecule has 1 aliphatic heterocycles. The molecular weight excluding hydrogens is 352 g/mol. The fourth-order valence-corrected chi connectivity index (χ4v) is 4.54. The lowest BCUT2D eigenvalue weighted by Crippen LogP contribution is -2.31. The van der Waals surface area contributed by atoms with Gasteiger partial charge in [0, 0.05) is 19.6 Å². The second-order valence-electron chi connectivity index (χ2n) is 6.28. The lowest BCUT2D eigenvalue weighted by molar-refractivity contribution is 0.402. The second-order valence-corrected chi connectivity index (χ2v) is 8.01. The van der Waals surface area contributed by atoms with E-state index in [9.17, 15) is 8.42 Å². The zero-order valence-electron chi connectivity index (χ0n) is 15.0. The van der Waals surface area contributed by atoms with Gasteiger partial charge in [-0.1, -0.05) is 24.3 Å². The fourth-order valence-electron chi connectivity index (χ4n) is 3.26. The smallest absolute Gasteiger partial charge is 0.244 e. The van der Waals surface area contributed by atoms with Crippen LogP contribution in [0.2, 0.25) is 0 Å². The molecule has 2 aromatic rings. The number of para-hydroxylation sites is 3. The van der Waals surface area contributed by atoms with Gasteiger partial charge < -0.3 is 14.4 Å². The Kier molecular flexibility index (Phi) is 5.68. The lowest BCUT2D eigenvalue weighted by Gasteiger charge is -2.21. The van der Waals surface area contributed by atoms with E-state index in [-0.39, 0.29) is 10.8 Å². The maximum Gasteiger partial charge on any atom is 0.244 e. The Balaban J connectivity index is 1.64. The molecule has 1 N–H and O–H groups in total. The lowest BCUT2D eigenvalue weighted by atomic mass is 10.1. The normalized spacial score (nSPS) is 17.3. The van der Waals surface area contributed by atoms with Crippen LogP contribution in [-0.4, -0.2) is 42.3 Å². The number of sulfonamides is 1. The Labute approximate surface area is 154 Å². The third-order valence-electron chi connectivity index (χ3n) is 4.63. The summed E-state index contributed by atoms with van der Waals surface area (Å²) in [6, 6.07) is 14.5. The molecule has 2 aromatic carbocycles. The maximum atomic E-state index is 12.6. The van der Waals surface area contributed by atoms with Crippen LogP contribution in [0.15, 0.2) is 53.4 Å². The monoisotopic (exact) mass is 376 g/mol. The van der Waals surface area contributed by atoms with Gasteiger partial charge in [-0.2, -0.15) is 0 Å². The summed E-state index contributed by atoms with van der Waals surface area (Å²) in [5, 5.41) is 0. The Morgan fingerprint density at radius 3 is 2.42 bits per heavy atom. The minimum atomic E-state index is -3.60. The third kappa shape index (κ3) is 3.94. The first-order chi connectivity index (χ1) is 12.5. The molecule has 1 atom stereocenters. The molecule has 7 heteroatoms. The Bertz CT molecular complexity index is 854. The molecule has 0 bridgehead atoms. The molecule has 140 valence electrons. The van der Waals surface area contributed by atoms with Gasteiger partial charge in [-0.15, -0.1) is 0 Å². The van der Waals surface area contributed by atoms with Crippen molar-refractivity contribution in [2.75, 3.05) is 38.8 Å². The highest BCUT2D eigenvalue weighted by molar-refractivity contribution is 7.89. The van der Waals surface area contributed by atoms with E-state index in [1.54, 1.807) is 31.4 Å². The van der Waals surface area contributed by atoms with Crippen LogP contribution in [0.5, 0.6) is 11.5 Å². The van der Waals surface area contributed by atoms with Crippen LogP contribution >= 0.6 is 0 Å². The Morgan fingerprint density at radius 2 is 1.69 bits per heavy atom. The summed E-state index contributed by atoms with van der Waals surface area (Å²) in [5.41, 5.74) is 1.05. The van der Waals surface area contributed by atoms with E-state index in [4.69, 9.17) is 9.47 Å². The van der Waals surface area contributed by atoms with E-state index in [1.807, 2.05) is 24.3 Å². The van der Waals surface area contributed by atoms with Crippen molar-refractivity contribution in [3.05, 3.63) is 48.5 Å². The van der Waals surface area contributed by atoms with Gasteiger partial charge in [-0.05, 0) is 36.6 Å². The first-order valence-electron chi connectivity index (χ1n) is 8.56. The van der Waals surface area contributed by atoms with E-state index in [1.165, 1.54) is 7.11 Å². The van der Waals surface area contributed by atoms with Gasteiger partial charge in [0.25, 0.3) is 0 Å². The number of ether oxygens (including phenoxy) is 2. The number of anilines is 1. The molecule has 6 nitrogen and oxygen atoms in total. The summed E-state index contributed by atoms with van der Waals surface area (Å²) in [4.78, 5) is 2.41. The highest BCUT2D eigenvalue weighted by Gasteiger charge is 2.27. The molecule has 0 aromatic heterocycles. The molecule has 1 saturated heterocycles. The minimum absolute atomic E-state index is 0.169. The molecule has 0 aliphatic carbocycles. The van der Waals surface area contributed by atoms with Gasteiger partial charge >= 0.3 is 0 Å². The van der Waals surface area contributed by atoms with E-state index in [0.717, 1.165) is 30.9 Å². The number of hydrogen-bond donors (Lipinski definition) is 1. The third-order valence-corrected chi connectivity index (χ3v) is 6.10.